The van der Waals surface area contributed by atoms with Gasteiger partial charge in [-0.15, -0.1) is 0 Å². The van der Waals surface area contributed by atoms with Crippen LogP contribution in [0.5, 0.6) is 11.5 Å². The number of carbonyl (C=O) groups excluding carboxylic acids is 1. The highest BCUT2D eigenvalue weighted by molar-refractivity contribution is 7.89. The van der Waals surface area contributed by atoms with Gasteiger partial charge in [-0.3, -0.25) is 4.79 Å². The van der Waals surface area contributed by atoms with E-state index in [2.05, 4.69) is 5.32 Å². The molecule has 1 heterocycles. The first-order valence-corrected chi connectivity index (χ1v) is 12.4. The summed E-state index contributed by atoms with van der Waals surface area (Å²) in [5.74, 6) is 1.21. The summed E-state index contributed by atoms with van der Waals surface area (Å²) in [5.41, 5.74) is 1.78. The fraction of sp³-hybridized carbons (Fsp3) is 0.458. The smallest absolute Gasteiger partial charge is 0.243 e. The number of methoxy groups -OCH3 is 1. The Hall–Kier alpha value is -2.58. The van der Waals surface area contributed by atoms with Gasteiger partial charge in [0.2, 0.25) is 15.9 Å². The summed E-state index contributed by atoms with van der Waals surface area (Å²) >= 11 is 0. The molecule has 1 aliphatic rings. The lowest BCUT2D eigenvalue weighted by Crippen LogP contribution is -2.43. The third-order valence-corrected chi connectivity index (χ3v) is 7.78. The van der Waals surface area contributed by atoms with Crippen LogP contribution in [0.4, 0.5) is 0 Å². The maximum atomic E-state index is 13.1. The number of benzene rings is 2. The van der Waals surface area contributed by atoms with E-state index >= 15 is 0 Å². The summed E-state index contributed by atoms with van der Waals surface area (Å²) in [5, 5.41) is 3.05. The molecule has 2 aromatic carbocycles. The molecule has 1 N–H and O–H groups in total. The van der Waals surface area contributed by atoms with E-state index < -0.39 is 10.0 Å². The number of ether oxygens (including phenoxy) is 2. The summed E-state index contributed by atoms with van der Waals surface area (Å²) in [6, 6.07) is 12.4. The number of sulfonamides is 1. The van der Waals surface area contributed by atoms with Crippen LogP contribution in [0.1, 0.15) is 43.9 Å². The van der Waals surface area contributed by atoms with Gasteiger partial charge < -0.3 is 14.8 Å². The zero-order valence-corrected chi connectivity index (χ0v) is 19.9. The molecule has 0 unspecified atom stereocenters. The van der Waals surface area contributed by atoms with Gasteiger partial charge in [0.15, 0.2) is 0 Å². The second kappa shape index (κ2) is 10.4. The third kappa shape index (κ3) is 5.42. The zero-order valence-electron chi connectivity index (χ0n) is 19.1. The molecule has 0 aromatic heterocycles. The highest BCUT2D eigenvalue weighted by atomic mass is 32.2. The van der Waals surface area contributed by atoms with Crippen molar-refractivity contribution in [1.82, 2.24) is 9.62 Å². The van der Waals surface area contributed by atoms with E-state index in [1.165, 1.54) is 4.31 Å². The molecule has 1 fully saturated rings. The maximum Gasteiger partial charge on any atom is 0.243 e. The molecule has 0 saturated carbocycles. The maximum absolute atomic E-state index is 13.1. The molecule has 2 aromatic rings. The van der Waals surface area contributed by atoms with Crippen molar-refractivity contribution in [3.8, 4) is 11.5 Å². The number of amides is 1. The van der Waals surface area contributed by atoms with Gasteiger partial charge in [-0.05, 0) is 75.1 Å². The predicted octanol–water partition coefficient (Wildman–Crippen LogP) is 3.68. The Morgan fingerprint density at radius 2 is 1.81 bits per heavy atom. The van der Waals surface area contributed by atoms with E-state index in [1.54, 1.807) is 25.3 Å². The minimum absolute atomic E-state index is 0.0396. The number of nitrogens with zero attached hydrogens (tertiary/aromatic N) is 1. The summed E-state index contributed by atoms with van der Waals surface area (Å²) in [7, 11) is -1.99. The molecular weight excluding hydrogens is 428 g/mol. The Bertz CT molecular complexity index is 1030. The highest BCUT2D eigenvalue weighted by Crippen LogP contribution is 2.28. The molecule has 0 aliphatic carbocycles. The van der Waals surface area contributed by atoms with Gasteiger partial charge in [-0.1, -0.05) is 12.1 Å². The Balaban J connectivity index is 1.58. The SMILES string of the molecule is CCOc1ccc(S(=O)(=O)N2CCC(C(=O)N[C@@H](C)c3ccc(OC)cc3)CC2)cc1C. The van der Waals surface area contributed by atoms with Gasteiger partial charge in [0, 0.05) is 19.0 Å². The Labute approximate surface area is 190 Å². The second-order valence-corrected chi connectivity index (χ2v) is 9.98. The quantitative estimate of drug-likeness (QED) is 0.650. The number of nitrogens with one attached hydrogen (secondary N) is 1. The molecule has 8 heteroatoms. The van der Waals surface area contributed by atoms with Gasteiger partial charge in [0.25, 0.3) is 0 Å². The van der Waals surface area contributed by atoms with E-state index in [-0.39, 0.29) is 22.8 Å². The lowest BCUT2D eigenvalue weighted by Gasteiger charge is -2.31. The lowest BCUT2D eigenvalue weighted by atomic mass is 9.96. The number of carbonyl (C=O) groups is 1. The highest BCUT2D eigenvalue weighted by Gasteiger charge is 2.32. The van der Waals surface area contributed by atoms with Gasteiger partial charge in [-0.2, -0.15) is 4.31 Å². The standard InChI is InChI=1S/C24H32N2O5S/c1-5-31-23-11-10-22(16-17(23)2)32(28,29)26-14-12-20(13-15-26)24(27)25-18(3)19-6-8-21(30-4)9-7-19/h6-11,16,18,20H,5,12-15H2,1-4H3,(H,25,27)/t18-/m0/s1. The van der Waals surface area contributed by atoms with Crippen LogP contribution in [0.3, 0.4) is 0 Å². The van der Waals surface area contributed by atoms with Crippen LogP contribution in [0.15, 0.2) is 47.4 Å². The predicted molar refractivity (Wildman–Crippen MR) is 123 cm³/mol. The number of piperidine rings is 1. The lowest BCUT2D eigenvalue weighted by molar-refractivity contribution is -0.126. The fourth-order valence-electron chi connectivity index (χ4n) is 3.91. The van der Waals surface area contributed by atoms with Crippen molar-refractivity contribution < 1.29 is 22.7 Å². The second-order valence-electron chi connectivity index (χ2n) is 8.04. The first kappa shape index (κ1) is 24.1. The topological polar surface area (TPSA) is 84.9 Å². The molecule has 0 spiro atoms. The van der Waals surface area contributed by atoms with Crippen LogP contribution < -0.4 is 14.8 Å². The molecule has 0 bridgehead atoms. The Morgan fingerprint density at radius 1 is 1.16 bits per heavy atom. The summed E-state index contributed by atoms with van der Waals surface area (Å²) in [4.78, 5) is 13.0. The van der Waals surface area contributed by atoms with Crippen LogP contribution in [0, 0.1) is 12.8 Å². The molecule has 32 heavy (non-hydrogen) atoms. The molecule has 1 atom stereocenters. The Morgan fingerprint density at radius 3 is 2.38 bits per heavy atom. The first-order valence-electron chi connectivity index (χ1n) is 10.9. The van der Waals surface area contributed by atoms with Gasteiger partial charge in [-0.25, -0.2) is 8.42 Å². The van der Waals surface area contributed by atoms with Crippen LogP contribution in [0.2, 0.25) is 0 Å². The van der Waals surface area contributed by atoms with E-state index in [1.807, 2.05) is 45.0 Å². The van der Waals surface area contributed by atoms with Gasteiger partial charge >= 0.3 is 0 Å². The van der Waals surface area contributed by atoms with Gasteiger partial charge in [0.05, 0.1) is 24.7 Å². The van der Waals surface area contributed by atoms with E-state index in [4.69, 9.17) is 9.47 Å². The number of rotatable bonds is 8. The largest absolute Gasteiger partial charge is 0.497 e. The average molecular weight is 461 g/mol. The van der Waals surface area contributed by atoms with Crippen molar-refractivity contribution in [3.63, 3.8) is 0 Å². The van der Waals surface area contributed by atoms with Crippen molar-refractivity contribution in [1.29, 1.82) is 0 Å². The molecule has 7 nitrogen and oxygen atoms in total. The molecule has 174 valence electrons. The normalized spacial score (nSPS) is 16.4. The van der Waals surface area contributed by atoms with Crippen molar-refractivity contribution in [3.05, 3.63) is 53.6 Å². The van der Waals surface area contributed by atoms with Crippen molar-refractivity contribution >= 4 is 15.9 Å². The average Bonchev–Trinajstić information content (AvgIpc) is 2.80. The molecule has 1 aliphatic heterocycles. The van der Waals surface area contributed by atoms with Crippen molar-refractivity contribution in [2.45, 2.75) is 44.6 Å². The van der Waals surface area contributed by atoms with Crippen LogP contribution in [0.25, 0.3) is 0 Å². The molecule has 1 saturated heterocycles. The van der Waals surface area contributed by atoms with Crippen molar-refractivity contribution in [2.24, 2.45) is 5.92 Å². The summed E-state index contributed by atoms with van der Waals surface area (Å²) in [6.07, 6.45) is 0.993. The zero-order chi connectivity index (χ0) is 23.3. The Kier molecular flexibility index (Phi) is 7.79. The third-order valence-electron chi connectivity index (χ3n) is 5.88. The number of hydrogen-bond acceptors (Lipinski definition) is 5. The summed E-state index contributed by atoms with van der Waals surface area (Å²) in [6.45, 7) is 6.84. The van der Waals surface area contributed by atoms with E-state index in [0.29, 0.717) is 38.3 Å². The summed E-state index contributed by atoms with van der Waals surface area (Å²) < 4.78 is 38.3. The number of hydrogen-bond donors (Lipinski definition) is 1. The number of aryl methyl sites for hydroxylation is 1. The molecular formula is C24H32N2O5S. The van der Waals surface area contributed by atoms with Crippen LogP contribution in [-0.4, -0.2) is 45.4 Å². The fourth-order valence-corrected chi connectivity index (χ4v) is 5.47. The van der Waals surface area contributed by atoms with Crippen LogP contribution in [-0.2, 0) is 14.8 Å². The molecule has 3 rings (SSSR count). The minimum Gasteiger partial charge on any atom is -0.497 e. The monoisotopic (exact) mass is 460 g/mol. The molecule has 0 radical (unpaired) electrons. The van der Waals surface area contributed by atoms with E-state index in [0.717, 1.165) is 16.9 Å². The van der Waals surface area contributed by atoms with Crippen molar-refractivity contribution in [2.75, 3.05) is 26.8 Å². The molecule has 1 amide bonds. The minimum atomic E-state index is -3.60. The van der Waals surface area contributed by atoms with Gasteiger partial charge in [0.1, 0.15) is 11.5 Å². The first-order chi connectivity index (χ1) is 15.3. The van der Waals surface area contributed by atoms with Crippen LogP contribution >= 0.6 is 0 Å². The van der Waals surface area contributed by atoms with E-state index in [9.17, 15) is 13.2 Å².